The number of hydrogen-bond acceptors (Lipinski definition) is 3. The highest BCUT2D eigenvalue weighted by atomic mass is 16.5. The van der Waals surface area contributed by atoms with Gasteiger partial charge in [0.1, 0.15) is 11.4 Å². The van der Waals surface area contributed by atoms with E-state index in [4.69, 9.17) is 4.74 Å². The summed E-state index contributed by atoms with van der Waals surface area (Å²) < 4.78 is 7.13. The minimum absolute atomic E-state index is 0.166. The number of pyridine rings is 1. The van der Waals surface area contributed by atoms with Gasteiger partial charge in [-0.3, -0.25) is 4.79 Å². The Balaban J connectivity index is 1.58. The van der Waals surface area contributed by atoms with Crippen molar-refractivity contribution in [3.63, 3.8) is 0 Å². The van der Waals surface area contributed by atoms with Crippen molar-refractivity contribution in [2.24, 2.45) is 0 Å². The molecule has 4 aromatic rings. The van der Waals surface area contributed by atoms with Crippen molar-refractivity contribution >= 4 is 17.2 Å². The molecule has 0 atom stereocenters. The van der Waals surface area contributed by atoms with Gasteiger partial charge in [-0.25, -0.2) is 4.98 Å². The van der Waals surface area contributed by atoms with E-state index < -0.39 is 0 Å². The average Bonchev–Trinajstić information content (AvgIpc) is 3.11. The van der Waals surface area contributed by atoms with Gasteiger partial charge in [-0.05, 0) is 55.0 Å². The summed E-state index contributed by atoms with van der Waals surface area (Å²) in [6.07, 6.45) is 4.04. The Labute approximate surface area is 157 Å². The van der Waals surface area contributed by atoms with Gasteiger partial charge in [-0.15, -0.1) is 0 Å². The van der Waals surface area contributed by atoms with Gasteiger partial charge in [0.2, 0.25) is 0 Å². The van der Waals surface area contributed by atoms with Crippen LogP contribution in [-0.2, 0) is 0 Å². The van der Waals surface area contributed by atoms with E-state index in [0.29, 0.717) is 5.56 Å². The summed E-state index contributed by atoms with van der Waals surface area (Å²) in [5.74, 6) is 0.552. The Morgan fingerprint density at radius 2 is 1.85 bits per heavy atom. The molecule has 2 aromatic carbocycles. The highest BCUT2D eigenvalue weighted by Crippen LogP contribution is 2.23. The number of aryl methyl sites for hydroxylation is 1. The maximum Gasteiger partial charge on any atom is 0.255 e. The molecule has 4 rings (SSSR count). The van der Waals surface area contributed by atoms with Gasteiger partial charge in [-0.2, -0.15) is 0 Å². The van der Waals surface area contributed by atoms with Crippen LogP contribution in [0.15, 0.2) is 73.1 Å². The van der Waals surface area contributed by atoms with E-state index in [9.17, 15) is 4.79 Å². The Bertz CT molecular complexity index is 1110. The maximum absolute atomic E-state index is 12.5. The largest absolute Gasteiger partial charge is 0.497 e. The molecule has 0 spiro atoms. The van der Waals surface area contributed by atoms with Crippen LogP contribution in [0, 0.1) is 6.92 Å². The molecule has 0 aliphatic carbocycles. The molecule has 0 aliphatic rings. The quantitative estimate of drug-likeness (QED) is 0.582. The van der Waals surface area contributed by atoms with Gasteiger partial charge in [-0.1, -0.05) is 18.2 Å². The molecule has 2 heterocycles. The smallest absolute Gasteiger partial charge is 0.255 e. The topological polar surface area (TPSA) is 55.6 Å². The van der Waals surface area contributed by atoms with Crippen LogP contribution >= 0.6 is 0 Å². The van der Waals surface area contributed by atoms with E-state index in [2.05, 4.69) is 17.2 Å². The summed E-state index contributed by atoms with van der Waals surface area (Å²) in [5, 5.41) is 2.93. The summed E-state index contributed by atoms with van der Waals surface area (Å²) in [7, 11) is 1.60. The van der Waals surface area contributed by atoms with Gasteiger partial charge in [0.05, 0.1) is 12.8 Å². The van der Waals surface area contributed by atoms with Crippen LogP contribution in [-0.4, -0.2) is 22.4 Å². The first-order chi connectivity index (χ1) is 13.1. The summed E-state index contributed by atoms with van der Waals surface area (Å²) in [6, 6.07) is 18.7. The fourth-order valence-corrected chi connectivity index (χ4v) is 2.94. The predicted octanol–water partition coefficient (Wildman–Crippen LogP) is 4.57. The monoisotopic (exact) mass is 357 g/mol. The van der Waals surface area contributed by atoms with E-state index in [0.717, 1.165) is 28.3 Å². The fraction of sp³-hybridized carbons (Fsp3) is 0.0909. The van der Waals surface area contributed by atoms with Crippen molar-refractivity contribution in [2.45, 2.75) is 6.92 Å². The normalized spacial score (nSPS) is 10.7. The van der Waals surface area contributed by atoms with E-state index in [1.54, 1.807) is 31.4 Å². The Hall–Kier alpha value is -3.60. The fourth-order valence-electron chi connectivity index (χ4n) is 2.94. The second kappa shape index (κ2) is 6.96. The number of carbonyl (C=O) groups is 1. The van der Waals surface area contributed by atoms with Crippen molar-refractivity contribution in [1.29, 1.82) is 0 Å². The van der Waals surface area contributed by atoms with Gasteiger partial charge >= 0.3 is 0 Å². The number of hydrogen-bond donors (Lipinski definition) is 1. The van der Waals surface area contributed by atoms with Crippen LogP contribution in [0.2, 0.25) is 0 Å². The number of amides is 1. The third-order valence-corrected chi connectivity index (χ3v) is 4.37. The molecule has 0 bridgehead atoms. The Morgan fingerprint density at radius 1 is 1.04 bits per heavy atom. The molecule has 27 heavy (non-hydrogen) atoms. The van der Waals surface area contributed by atoms with Crippen LogP contribution < -0.4 is 10.1 Å². The molecule has 0 fully saturated rings. The standard InChI is InChI=1S/C22H19N3O2/c1-15-6-11-21-24-20(14-25(21)13-15)17-4-3-5-18(12-17)23-22(26)16-7-9-19(27-2)10-8-16/h3-14H,1-2H3,(H,23,26). The molecule has 5 heteroatoms. The van der Waals surface area contributed by atoms with Crippen LogP contribution in [0.1, 0.15) is 15.9 Å². The maximum atomic E-state index is 12.5. The lowest BCUT2D eigenvalue weighted by Crippen LogP contribution is -2.11. The minimum Gasteiger partial charge on any atom is -0.497 e. The SMILES string of the molecule is COc1ccc(C(=O)Nc2cccc(-c3cn4cc(C)ccc4n3)c2)cc1. The number of fused-ring (bicyclic) bond motifs is 1. The molecular formula is C22H19N3O2. The number of aromatic nitrogens is 2. The van der Waals surface area contributed by atoms with E-state index in [1.165, 1.54) is 5.56 Å². The molecule has 5 nitrogen and oxygen atoms in total. The first-order valence-electron chi connectivity index (χ1n) is 8.63. The minimum atomic E-state index is -0.166. The summed E-state index contributed by atoms with van der Waals surface area (Å²) in [4.78, 5) is 17.1. The van der Waals surface area contributed by atoms with Gasteiger partial charge in [0, 0.05) is 29.2 Å². The third-order valence-electron chi connectivity index (χ3n) is 4.37. The molecule has 134 valence electrons. The highest BCUT2D eigenvalue weighted by Gasteiger charge is 2.09. The number of methoxy groups -OCH3 is 1. The van der Waals surface area contributed by atoms with Crippen molar-refractivity contribution in [3.05, 3.63) is 84.2 Å². The van der Waals surface area contributed by atoms with Crippen LogP contribution in [0.3, 0.4) is 0 Å². The first kappa shape index (κ1) is 16.8. The Morgan fingerprint density at radius 3 is 2.63 bits per heavy atom. The number of carbonyl (C=O) groups excluding carboxylic acids is 1. The number of imidazole rings is 1. The van der Waals surface area contributed by atoms with Crippen molar-refractivity contribution in [3.8, 4) is 17.0 Å². The van der Waals surface area contributed by atoms with Crippen LogP contribution in [0.4, 0.5) is 5.69 Å². The van der Waals surface area contributed by atoms with Crippen molar-refractivity contribution < 1.29 is 9.53 Å². The third kappa shape index (κ3) is 3.53. The van der Waals surface area contributed by atoms with E-state index in [-0.39, 0.29) is 5.91 Å². The van der Waals surface area contributed by atoms with Crippen LogP contribution in [0.5, 0.6) is 5.75 Å². The van der Waals surface area contributed by atoms with Gasteiger partial charge < -0.3 is 14.5 Å². The second-order valence-electron chi connectivity index (χ2n) is 6.36. The lowest BCUT2D eigenvalue weighted by Gasteiger charge is -2.07. The summed E-state index contributed by atoms with van der Waals surface area (Å²) >= 11 is 0. The molecule has 2 aromatic heterocycles. The molecule has 0 unspecified atom stereocenters. The predicted molar refractivity (Wildman–Crippen MR) is 106 cm³/mol. The molecule has 1 amide bonds. The number of nitrogens with one attached hydrogen (secondary N) is 1. The summed E-state index contributed by atoms with van der Waals surface area (Å²) in [6.45, 7) is 2.05. The molecule has 0 saturated heterocycles. The second-order valence-corrected chi connectivity index (χ2v) is 6.36. The first-order valence-corrected chi connectivity index (χ1v) is 8.63. The van der Waals surface area contributed by atoms with E-state index >= 15 is 0 Å². The van der Waals surface area contributed by atoms with Gasteiger partial charge in [0.15, 0.2) is 0 Å². The number of nitrogens with zero attached hydrogens (tertiary/aromatic N) is 2. The molecule has 0 saturated carbocycles. The van der Waals surface area contributed by atoms with E-state index in [1.807, 2.05) is 53.2 Å². The molecule has 0 aliphatic heterocycles. The zero-order chi connectivity index (χ0) is 18.8. The van der Waals surface area contributed by atoms with Gasteiger partial charge in [0.25, 0.3) is 5.91 Å². The number of ether oxygens (including phenoxy) is 1. The zero-order valence-electron chi connectivity index (χ0n) is 15.1. The molecule has 1 N–H and O–H groups in total. The molecular weight excluding hydrogens is 338 g/mol. The number of rotatable bonds is 4. The zero-order valence-corrected chi connectivity index (χ0v) is 15.1. The molecule has 0 radical (unpaired) electrons. The van der Waals surface area contributed by atoms with Crippen molar-refractivity contribution in [2.75, 3.05) is 12.4 Å². The average molecular weight is 357 g/mol. The number of anilines is 1. The number of benzene rings is 2. The lowest BCUT2D eigenvalue weighted by molar-refractivity contribution is 0.102. The summed E-state index contributed by atoms with van der Waals surface area (Å²) in [5.41, 5.74) is 5.17. The Kier molecular flexibility index (Phi) is 4.34. The lowest BCUT2D eigenvalue weighted by atomic mass is 10.1. The van der Waals surface area contributed by atoms with Crippen LogP contribution in [0.25, 0.3) is 16.9 Å². The van der Waals surface area contributed by atoms with Crippen molar-refractivity contribution in [1.82, 2.24) is 9.38 Å². The highest BCUT2D eigenvalue weighted by molar-refractivity contribution is 6.04.